The second-order valence-electron chi connectivity index (χ2n) is 5.37. The van der Waals surface area contributed by atoms with E-state index in [1.165, 1.54) is 38.2 Å². The van der Waals surface area contributed by atoms with Crippen molar-refractivity contribution in [2.45, 2.75) is 53.4 Å². The molecule has 0 aliphatic carbocycles. The maximum absolute atomic E-state index is 10.5. The molecule has 1 aromatic heterocycles. The van der Waals surface area contributed by atoms with Gasteiger partial charge in [0.05, 0.1) is 4.92 Å². The highest BCUT2D eigenvalue weighted by Crippen LogP contribution is 2.16. The molecule has 6 heteroatoms. The highest BCUT2D eigenvalue weighted by atomic mass is 16.6. The molecule has 0 aliphatic heterocycles. The van der Waals surface area contributed by atoms with Crippen LogP contribution in [0.2, 0.25) is 0 Å². The third kappa shape index (κ3) is 9.84. The molecule has 1 aromatic rings. The quantitative estimate of drug-likeness (QED) is 0.400. The number of nitro groups is 1. The molecule has 0 spiro atoms. The number of aromatic nitrogens is 1. The first kappa shape index (κ1) is 21.3. The van der Waals surface area contributed by atoms with Gasteiger partial charge >= 0.3 is 0 Å². The van der Waals surface area contributed by atoms with Gasteiger partial charge in [0.25, 0.3) is 5.69 Å². The first-order valence-electron chi connectivity index (χ1n) is 8.66. The smallest absolute Gasteiger partial charge is 0.287 e. The maximum Gasteiger partial charge on any atom is 0.287 e. The van der Waals surface area contributed by atoms with Gasteiger partial charge in [-0.25, -0.2) is 4.98 Å². The molecule has 0 saturated heterocycles. The highest BCUT2D eigenvalue weighted by molar-refractivity contribution is 5.42. The molecule has 0 aliphatic rings. The minimum absolute atomic E-state index is 0.0386. The van der Waals surface area contributed by atoms with Crippen molar-refractivity contribution in [3.8, 4) is 0 Å². The van der Waals surface area contributed by atoms with E-state index in [1.54, 1.807) is 6.07 Å². The lowest BCUT2D eigenvalue weighted by molar-refractivity contribution is -0.385. The Labute approximate surface area is 140 Å². The molecule has 0 radical (unpaired) electrons. The zero-order valence-electron chi connectivity index (χ0n) is 15.0. The van der Waals surface area contributed by atoms with Crippen LogP contribution < -0.4 is 10.2 Å². The number of rotatable bonds is 10. The predicted molar refractivity (Wildman–Crippen MR) is 97.1 cm³/mol. The standard InChI is InChI=1S/C11H17N3O2.C6H15N/c1-3-7-13(8-4-2)11-6-5-10(9-12-11)14(15)16;1-3-5-7-6-4-2/h5-6,9H,3-4,7-8H2,1-2H3;7H,3-6H2,1-2H3. The summed E-state index contributed by atoms with van der Waals surface area (Å²) in [6.45, 7) is 12.8. The number of hydrogen-bond donors (Lipinski definition) is 1. The van der Waals surface area contributed by atoms with Gasteiger partial charge < -0.3 is 10.2 Å². The summed E-state index contributed by atoms with van der Waals surface area (Å²) in [5.74, 6) is 0.814. The second-order valence-corrected chi connectivity index (χ2v) is 5.37. The summed E-state index contributed by atoms with van der Waals surface area (Å²) in [5.41, 5.74) is 0.0386. The van der Waals surface area contributed by atoms with Crippen LogP contribution in [0.4, 0.5) is 11.5 Å². The number of nitrogens with zero attached hydrogens (tertiary/aromatic N) is 3. The minimum atomic E-state index is -0.430. The first-order chi connectivity index (χ1) is 11.1. The summed E-state index contributed by atoms with van der Waals surface area (Å²) in [4.78, 5) is 16.3. The van der Waals surface area contributed by atoms with Crippen molar-refractivity contribution >= 4 is 11.5 Å². The number of anilines is 1. The Hall–Kier alpha value is -1.69. The second kappa shape index (κ2) is 13.9. The molecule has 0 fully saturated rings. The molecule has 0 bridgehead atoms. The van der Waals surface area contributed by atoms with Gasteiger partial charge in [0.2, 0.25) is 0 Å². The van der Waals surface area contributed by atoms with Gasteiger partial charge in [-0.2, -0.15) is 0 Å². The average Bonchev–Trinajstić information content (AvgIpc) is 2.56. The molecule has 0 atom stereocenters. The third-order valence-electron chi connectivity index (χ3n) is 3.11. The third-order valence-corrected chi connectivity index (χ3v) is 3.11. The van der Waals surface area contributed by atoms with Crippen molar-refractivity contribution in [1.82, 2.24) is 10.3 Å². The molecule has 1 N–H and O–H groups in total. The normalized spacial score (nSPS) is 9.91. The van der Waals surface area contributed by atoms with Crippen LogP contribution in [-0.2, 0) is 0 Å². The molecule has 0 unspecified atom stereocenters. The van der Waals surface area contributed by atoms with E-state index in [9.17, 15) is 10.1 Å². The molecule has 1 heterocycles. The molecule has 0 saturated carbocycles. The minimum Gasteiger partial charge on any atom is -0.357 e. The molecular weight excluding hydrogens is 292 g/mol. The summed E-state index contributed by atoms with van der Waals surface area (Å²) in [6.07, 6.45) is 5.89. The summed E-state index contributed by atoms with van der Waals surface area (Å²) >= 11 is 0. The Bertz CT molecular complexity index is 400. The van der Waals surface area contributed by atoms with Crippen molar-refractivity contribution in [3.63, 3.8) is 0 Å². The zero-order valence-corrected chi connectivity index (χ0v) is 15.0. The van der Waals surface area contributed by atoms with Crippen molar-refractivity contribution in [1.29, 1.82) is 0 Å². The molecule has 23 heavy (non-hydrogen) atoms. The zero-order chi connectivity index (χ0) is 17.5. The summed E-state index contributed by atoms with van der Waals surface area (Å²) in [6, 6.07) is 3.21. The van der Waals surface area contributed by atoms with Crippen LogP contribution in [-0.4, -0.2) is 36.1 Å². The van der Waals surface area contributed by atoms with Crippen molar-refractivity contribution < 1.29 is 4.92 Å². The predicted octanol–water partition coefficient (Wildman–Crippen LogP) is 4.01. The summed E-state index contributed by atoms with van der Waals surface area (Å²) in [7, 11) is 0. The van der Waals surface area contributed by atoms with Gasteiger partial charge in [0.15, 0.2) is 0 Å². The van der Waals surface area contributed by atoms with E-state index in [0.29, 0.717) is 0 Å². The van der Waals surface area contributed by atoms with E-state index in [2.05, 4.69) is 42.9 Å². The molecule has 0 amide bonds. The van der Waals surface area contributed by atoms with Crippen molar-refractivity contribution in [3.05, 3.63) is 28.4 Å². The Morgan fingerprint density at radius 3 is 1.96 bits per heavy atom. The van der Waals surface area contributed by atoms with E-state index < -0.39 is 4.92 Å². The first-order valence-corrected chi connectivity index (χ1v) is 8.66. The Kier molecular flexibility index (Phi) is 12.9. The van der Waals surface area contributed by atoms with Crippen molar-refractivity contribution in [2.75, 3.05) is 31.1 Å². The fraction of sp³-hybridized carbons (Fsp3) is 0.706. The van der Waals surface area contributed by atoms with Crippen LogP contribution in [0.5, 0.6) is 0 Å². The van der Waals surface area contributed by atoms with Crippen molar-refractivity contribution in [2.24, 2.45) is 0 Å². The van der Waals surface area contributed by atoms with Gasteiger partial charge in [-0.05, 0) is 44.8 Å². The van der Waals surface area contributed by atoms with Gasteiger partial charge in [-0.1, -0.05) is 27.7 Å². The SMILES string of the molecule is CCCN(CCC)c1ccc([N+](=O)[O-])cn1.CCCNCCC. The van der Waals surface area contributed by atoms with E-state index in [4.69, 9.17) is 0 Å². The fourth-order valence-corrected chi connectivity index (χ4v) is 2.03. The number of pyridine rings is 1. The molecule has 132 valence electrons. The molecular formula is C17H32N4O2. The maximum atomic E-state index is 10.5. The summed E-state index contributed by atoms with van der Waals surface area (Å²) in [5, 5.41) is 13.8. The topological polar surface area (TPSA) is 71.3 Å². The highest BCUT2D eigenvalue weighted by Gasteiger charge is 2.09. The van der Waals surface area contributed by atoms with Gasteiger partial charge in [0.1, 0.15) is 12.0 Å². The lowest BCUT2D eigenvalue weighted by Gasteiger charge is -2.22. The average molecular weight is 324 g/mol. The largest absolute Gasteiger partial charge is 0.357 e. The monoisotopic (exact) mass is 324 g/mol. The van der Waals surface area contributed by atoms with E-state index in [-0.39, 0.29) is 5.69 Å². The van der Waals surface area contributed by atoms with Gasteiger partial charge in [0, 0.05) is 19.2 Å². The van der Waals surface area contributed by atoms with E-state index >= 15 is 0 Å². The van der Waals surface area contributed by atoms with Crippen LogP contribution in [0, 0.1) is 10.1 Å². The van der Waals surface area contributed by atoms with Crippen LogP contribution in [0.25, 0.3) is 0 Å². The van der Waals surface area contributed by atoms with E-state index in [1.807, 2.05) is 0 Å². The van der Waals surface area contributed by atoms with Crippen LogP contribution in [0.1, 0.15) is 53.4 Å². The Morgan fingerprint density at radius 2 is 1.61 bits per heavy atom. The molecule has 6 nitrogen and oxygen atoms in total. The lowest BCUT2D eigenvalue weighted by atomic mass is 10.3. The lowest BCUT2D eigenvalue weighted by Crippen LogP contribution is -2.25. The molecule has 0 aromatic carbocycles. The van der Waals surface area contributed by atoms with Crippen LogP contribution in [0.3, 0.4) is 0 Å². The number of nitrogens with one attached hydrogen (secondary N) is 1. The summed E-state index contributed by atoms with van der Waals surface area (Å²) < 4.78 is 0. The Morgan fingerprint density at radius 1 is 1.04 bits per heavy atom. The van der Waals surface area contributed by atoms with Crippen LogP contribution >= 0.6 is 0 Å². The van der Waals surface area contributed by atoms with Gasteiger partial charge in [-0.3, -0.25) is 10.1 Å². The van der Waals surface area contributed by atoms with Crippen LogP contribution in [0.15, 0.2) is 18.3 Å². The number of hydrogen-bond acceptors (Lipinski definition) is 5. The van der Waals surface area contributed by atoms with Gasteiger partial charge in [-0.15, -0.1) is 0 Å². The Balaban J connectivity index is 0.000000585. The fourth-order valence-electron chi connectivity index (χ4n) is 2.03. The molecule has 1 rings (SSSR count). The van der Waals surface area contributed by atoms with E-state index in [0.717, 1.165) is 31.7 Å².